The smallest absolute Gasteiger partial charge is 0.330 e. The lowest BCUT2D eigenvalue weighted by atomic mass is 10.3. The van der Waals surface area contributed by atoms with Crippen LogP contribution in [0.1, 0.15) is 12.8 Å². The molecule has 0 saturated carbocycles. The largest absolute Gasteiger partial charge is 0.466 e. The summed E-state index contributed by atoms with van der Waals surface area (Å²) in [4.78, 5) is 10.7. The van der Waals surface area contributed by atoms with E-state index in [-0.39, 0.29) is 5.97 Å². The molecule has 0 N–H and O–H groups in total. The molecule has 0 spiro atoms. The van der Waals surface area contributed by atoms with Crippen molar-refractivity contribution in [1.82, 2.24) is 0 Å². The van der Waals surface area contributed by atoms with Gasteiger partial charge in [0.1, 0.15) is 0 Å². The van der Waals surface area contributed by atoms with Crippen molar-refractivity contribution in [3.8, 4) is 0 Å². The van der Waals surface area contributed by atoms with Crippen LogP contribution in [0.25, 0.3) is 0 Å². The molecule has 0 aliphatic carbocycles. The van der Waals surface area contributed by atoms with Crippen molar-refractivity contribution in [2.24, 2.45) is 0 Å². The van der Waals surface area contributed by atoms with Gasteiger partial charge in [0.2, 0.25) is 0 Å². The molecule has 0 aromatic rings. The fourth-order valence-electron chi connectivity index (χ4n) is 1.11. The lowest BCUT2D eigenvalue weighted by molar-refractivity contribution is -0.134. The highest BCUT2D eigenvalue weighted by molar-refractivity contribution is 8.02. The fourth-order valence-corrected chi connectivity index (χ4v) is 1.91. The van der Waals surface area contributed by atoms with Gasteiger partial charge >= 0.3 is 5.97 Å². The summed E-state index contributed by atoms with van der Waals surface area (Å²) in [5, 5.41) is 1.76. The minimum atomic E-state index is -0.306. The zero-order valence-electron chi connectivity index (χ0n) is 7.69. The SMILES string of the molecule is COC(=O)/C=C/SCC1CCCO1. The second kappa shape index (κ2) is 6.05. The van der Waals surface area contributed by atoms with Gasteiger partial charge in [0.05, 0.1) is 13.2 Å². The highest BCUT2D eigenvalue weighted by Crippen LogP contribution is 2.17. The summed E-state index contributed by atoms with van der Waals surface area (Å²) in [7, 11) is 1.37. The van der Waals surface area contributed by atoms with Gasteiger partial charge in [-0.1, -0.05) is 0 Å². The zero-order chi connectivity index (χ0) is 9.52. The molecule has 0 aromatic carbocycles. The predicted molar refractivity (Wildman–Crippen MR) is 52.6 cm³/mol. The van der Waals surface area contributed by atoms with Gasteiger partial charge in [-0.05, 0) is 18.2 Å². The van der Waals surface area contributed by atoms with Crippen LogP contribution in [0.4, 0.5) is 0 Å². The molecule has 0 amide bonds. The Morgan fingerprint density at radius 3 is 3.23 bits per heavy atom. The Morgan fingerprint density at radius 2 is 2.62 bits per heavy atom. The van der Waals surface area contributed by atoms with Gasteiger partial charge in [-0.15, -0.1) is 11.8 Å². The molecule has 1 fully saturated rings. The Bertz CT molecular complexity index is 185. The van der Waals surface area contributed by atoms with Crippen molar-refractivity contribution in [3.63, 3.8) is 0 Å². The van der Waals surface area contributed by atoms with E-state index in [4.69, 9.17) is 4.74 Å². The molecule has 1 aliphatic rings. The average Bonchev–Trinajstić information content (AvgIpc) is 2.64. The fraction of sp³-hybridized carbons (Fsp3) is 0.667. The minimum Gasteiger partial charge on any atom is -0.466 e. The van der Waals surface area contributed by atoms with E-state index in [0.29, 0.717) is 6.10 Å². The normalized spacial score (nSPS) is 22.4. The van der Waals surface area contributed by atoms with Gasteiger partial charge in [0.15, 0.2) is 0 Å². The van der Waals surface area contributed by atoms with E-state index in [2.05, 4.69) is 4.74 Å². The van der Waals surface area contributed by atoms with Crippen LogP contribution in [0.15, 0.2) is 11.5 Å². The van der Waals surface area contributed by atoms with Crippen LogP contribution in [0, 0.1) is 0 Å². The summed E-state index contributed by atoms with van der Waals surface area (Å²) < 4.78 is 9.87. The number of hydrogen-bond donors (Lipinski definition) is 0. The standard InChI is InChI=1S/C9H14O3S/c1-11-9(10)4-6-13-7-8-3-2-5-12-8/h4,6,8H,2-3,5,7H2,1H3/b6-4+. The van der Waals surface area contributed by atoms with E-state index < -0.39 is 0 Å². The number of carbonyl (C=O) groups is 1. The maximum atomic E-state index is 10.7. The van der Waals surface area contributed by atoms with Crippen LogP contribution in [0.5, 0.6) is 0 Å². The lowest BCUT2D eigenvalue weighted by Crippen LogP contribution is -2.07. The van der Waals surface area contributed by atoms with Crippen molar-refractivity contribution in [2.75, 3.05) is 19.5 Å². The third-order valence-corrected chi connectivity index (χ3v) is 2.70. The van der Waals surface area contributed by atoms with Gasteiger partial charge < -0.3 is 9.47 Å². The first kappa shape index (κ1) is 10.6. The molecule has 1 rings (SSSR count). The maximum absolute atomic E-state index is 10.7. The van der Waals surface area contributed by atoms with Crippen LogP contribution >= 0.6 is 11.8 Å². The first-order valence-corrected chi connectivity index (χ1v) is 5.35. The molecule has 1 aliphatic heterocycles. The summed E-state index contributed by atoms with van der Waals surface area (Å²) in [6.45, 7) is 0.881. The minimum absolute atomic E-state index is 0.306. The van der Waals surface area contributed by atoms with Gasteiger partial charge in [-0.2, -0.15) is 0 Å². The van der Waals surface area contributed by atoms with Crippen molar-refractivity contribution < 1.29 is 14.3 Å². The molecule has 13 heavy (non-hydrogen) atoms. The van der Waals surface area contributed by atoms with Crippen LogP contribution in [-0.2, 0) is 14.3 Å². The molecule has 1 atom stereocenters. The second-order valence-corrected chi connectivity index (χ2v) is 3.73. The van der Waals surface area contributed by atoms with Crippen molar-refractivity contribution in [3.05, 3.63) is 11.5 Å². The summed E-state index contributed by atoms with van der Waals surface area (Å²) in [6, 6.07) is 0. The van der Waals surface area contributed by atoms with Crippen molar-refractivity contribution in [1.29, 1.82) is 0 Å². The Labute approximate surface area is 82.5 Å². The molecule has 3 nitrogen and oxygen atoms in total. The van der Waals surface area contributed by atoms with Gasteiger partial charge in [0, 0.05) is 18.4 Å². The Kier molecular flexibility index (Phi) is 4.93. The summed E-state index contributed by atoms with van der Waals surface area (Å²) in [5.74, 6) is 0.618. The molecule has 1 unspecified atom stereocenters. The van der Waals surface area contributed by atoms with Gasteiger partial charge in [-0.3, -0.25) is 0 Å². The number of methoxy groups -OCH3 is 1. The monoisotopic (exact) mass is 202 g/mol. The molecule has 1 heterocycles. The van der Waals surface area contributed by atoms with Crippen molar-refractivity contribution in [2.45, 2.75) is 18.9 Å². The Balaban J connectivity index is 2.05. The summed E-state index contributed by atoms with van der Waals surface area (Å²) in [6.07, 6.45) is 4.09. The van der Waals surface area contributed by atoms with E-state index in [0.717, 1.165) is 25.2 Å². The highest BCUT2D eigenvalue weighted by Gasteiger charge is 2.14. The first-order valence-electron chi connectivity index (χ1n) is 4.30. The molecular weight excluding hydrogens is 188 g/mol. The number of hydrogen-bond acceptors (Lipinski definition) is 4. The topological polar surface area (TPSA) is 35.5 Å². The maximum Gasteiger partial charge on any atom is 0.330 e. The van der Waals surface area contributed by atoms with E-state index in [1.807, 2.05) is 0 Å². The Morgan fingerprint density at radius 1 is 1.77 bits per heavy atom. The average molecular weight is 202 g/mol. The quantitative estimate of drug-likeness (QED) is 0.512. The van der Waals surface area contributed by atoms with E-state index >= 15 is 0 Å². The van der Waals surface area contributed by atoms with Crippen molar-refractivity contribution >= 4 is 17.7 Å². The zero-order valence-corrected chi connectivity index (χ0v) is 8.51. The number of ether oxygens (including phenoxy) is 2. The molecule has 4 heteroatoms. The summed E-state index contributed by atoms with van der Waals surface area (Å²) >= 11 is 1.59. The van der Waals surface area contributed by atoms with Crippen LogP contribution < -0.4 is 0 Å². The van der Waals surface area contributed by atoms with E-state index in [1.54, 1.807) is 17.2 Å². The third-order valence-electron chi connectivity index (χ3n) is 1.81. The lowest BCUT2D eigenvalue weighted by Gasteiger charge is -2.05. The molecule has 1 saturated heterocycles. The first-order chi connectivity index (χ1) is 6.33. The predicted octanol–water partition coefficient (Wildman–Crippen LogP) is 1.59. The molecule has 74 valence electrons. The molecule has 0 aromatic heterocycles. The van der Waals surface area contributed by atoms with E-state index in [9.17, 15) is 4.79 Å². The van der Waals surface area contributed by atoms with Crippen LogP contribution in [-0.4, -0.2) is 31.5 Å². The molecule has 0 bridgehead atoms. The van der Waals surface area contributed by atoms with Crippen LogP contribution in [0.3, 0.4) is 0 Å². The highest BCUT2D eigenvalue weighted by atomic mass is 32.2. The number of thioether (sulfide) groups is 1. The van der Waals surface area contributed by atoms with Gasteiger partial charge in [-0.25, -0.2) is 4.79 Å². The second-order valence-electron chi connectivity index (χ2n) is 2.79. The third kappa shape index (κ3) is 4.33. The van der Waals surface area contributed by atoms with Crippen LogP contribution in [0.2, 0.25) is 0 Å². The van der Waals surface area contributed by atoms with Gasteiger partial charge in [0.25, 0.3) is 0 Å². The number of rotatable bonds is 4. The number of carbonyl (C=O) groups excluding carboxylic acids is 1. The summed E-state index contributed by atoms with van der Waals surface area (Å²) in [5.41, 5.74) is 0. The molecule has 0 radical (unpaired) electrons. The number of esters is 1. The Hall–Kier alpha value is -0.480. The van der Waals surface area contributed by atoms with E-state index in [1.165, 1.54) is 13.2 Å². The molecular formula is C9H14O3S.